The first-order valence-electron chi connectivity index (χ1n) is 6.99. The van der Waals surface area contributed by atoms with Crippen molar-refractivity contribution in [2.45, 2.75) is 32.4 Å². The lowest BCUT2D eigenvalue weighted by Crippen LogP contribution is -3.00. The molecule has 3 N–H and O–H groups in total. The van der Waals surface area contributed by atoms with Crippen molar-refractivity contribution in [2.24, 2.45) is 0 Å². The molecule has 20 heavy (non-hydrogen) atoms. The minimum Gasteiger partial charge on any atom is -1.00 e. The maximum Gasteiger partial charge on any atom is 0.222 e. The number of likely N-dealkylation sites (tertiary alicyclic amines) is 1. The summed E-state index contributed by atoms with van der Waals surface area (Å²) >= 11 is 0. The number of hydrogen-bond donors (Lipinski definition) is 2. The van der Waals surface area contributed by atoms with Crippen molar-refractivity contribution in [1.82, 2.24) is 4.90 Å². The Morgan fingerprint density at radius 3 is 2.80 bits per heavy atom. The first-order valence-corrected chi connectivity index (χ1v) is 6.99. The number of nitrogens with zero attached hydrogens (tertiary/aromatic N) is 1. The van der Waals surface area contributed by atoms with Crippen molar-refractivity contribution in [2.75, 3.05) is 19.6 Å². The van der Waals surface area contributed by atoms with E-state index in [-0.39, 0.29) is 18.3 Å². The highest BCUT2D eigenvalue weighted by Crippen LogP contribution is 2.09. The third kappa shape index (κ3) is 4.78. The summed E-state index contributed by atoms with van der Waals surface area (Å²) < 4.78 is 0. The van der Waals surface area contributed by atoms with Gasteiger partial charge in [-0.05, 0) is 18.9 Å². The maximum absolute atomic E-state index is 11.5. The van der Waals surface area contributed by atoms with Crippen molar-refractivity contribution < 1.29 is 27.6 Å². The van der Waals surface area contributed by atoms with Gasteiger partial charge in [0, 0.05) is 18.5 Å². The number of rotatable bonds is 6. The van der Waals surface area contributed by atoms with Crippen LogP contribution in [0.25, 0.3) is 0 Å². The molecule has 0 radical (unpaired) electrons. The third-order valence-corrected chi connectivity index (χ3v) is 3.67. The Balaban J connectivity index is 0.00000200. The molecular formula is C15H23ClN2O2. The highest BCUT2D eigenvalue weighted by atomic mass is 35.5. The molecule has 1 saturated heterocycles. The van der Waals surface area contributed by atoms with Crippen LogP contribution < -0.4 is 17.7 Å². The minimum atomic E-state index is -0.439. The van der Waals surface area contributed by atoms with Crippen LogP contribution >= 0.6 is 0 Å². The molecule has 0 spiro atoms. The summed E-state index contributed by atoms with van der Waals surface area (Å²) in [6, 6.07) is 8.28. The van der Waals surface area contributed by atoms with Gasteiger partial charge < -0.3 is 27.7 Å². The van der Waals surface area contributed by atoms with Crippen molar-refractivity contribution >= 4 is 5.91 Å². The Morgan fingerprint density at radius 2 is 2.15 bits per heavy atom. The molecule has 1 aromatic carbocycles. The molecule has 0 bridgehead atoms. The van der Waals surface area contributed by atoms with Gasteiger partial charge in [-0.15, -0.1) is 0 Å². The average Bonchev–Trinajstić information content (AvgIpc) is 2.77. The standard InChI is InChI=1S/C15H22N2O2.ClH/c1-12-5-2-3-6-13(12)9-16-10-14(18)11-17-8-4-7-15(17)19;/h2-3,5-6,14,16,18H,4,7-11H2,1H3;1H. The molecule has 1 amide bonds. The molecular weight excluding hydrogens is 276 g/mol. The van der Waals surface area contributed by atoms with E-state index in [2.05, 4.69) is 24.4 Å². The van der Waals surface area contributed by atoms with E-state index < -0.39 is 6.10 Å². The normalized spacial score (nSPS) is 16.1. The number of halogens is 1. The number of carbonyl (C=O) groups excluding carboxylic acids is 1. The summed E-state index contributed by atoms with van der Waals surface area (Å²) in [5.41, 5.74) is 2.58. The molecule has 5 heteroatoms. The highest BCUT2D eigenvalue weighted by molar-refractivity contribution is 5.78. The van der Waals surface area contributed by atoms with Crippen LogP contribution in [-0.4, -0.2) is 41.7 Å². The number of aliphatic hydroxyl groups excluding tert-OH is 1. The molecule has 1 fully saturated rings. The number of quaternary nitrogens is 1. The van der Waals surface area contributed by atoms with Crippen molar-refractivity contribution in [3.8, 4) is 0 Å². The van der Waals surface area contributed by atoms with Crippen LogP contribution in [0, 0.1) is 6.92 Å². The van der Waals surface area contributed by atoms with Crippen LogP contribution in [0.1, 0.15) is 24.0 Å². The van der Waals surface area contributed by atoms with E-state index in [1.165, 1.54) is 11.1 Å². The summed E-state index contributed by atoms with van der Waals surface area (Å²) in [7, 11) is 0. The van der Waals surface area contributed by atoms with E-state index >= 15 is 0 Å². The van der Waals surface area contributed by atoms with E-state index in [0.717, 1.165) is 19.5 Å². The zero-order chi connectivity index (χ0) is 13.7. The van der Waals surface area contributed by atoms with Gasteiger partial charge in [-0.25, -0.2) is 0 Å². The predicted octanol–water partition coefficient (Wildman–Crippen LogP) is -2.95. The Kier molecular flexibility index (Phi) is 6.99. The van der Waals surface area contributed by atoms with Crippen LogP contribution in [-0.2, 0) is 11.3 Å². The predicted molar refractivity (Wildman–Crippen MR) is 73.5 cm³/mol. The van der Waals surface area contributed by atoms with Crippen molar-refractivity contribution in [3.05, 3.63) is 35.4 Å². The van der Waals surface area contributed by atoms with Crippen LogP contribution in [0.15, 0.2) is 24.3 Å². The number of nitrogens with two attached hydrogens (primary N) is 1. The molecule has 0 aromatic heterocycles. The van der Waals surface area contributed by atoms with Gasteiger partial charge in [0.2, 0.25) is 5.91 Å². The Labute approximate surface area is 126 Å². The minimum absolute atomic E-state index is 0. The quantitative estimate of drug-likeness (QED) is 0.590. The van der Waals surface area contributed by atoms with Crippen LogP contribution in [0.4, 0.5) is 0 Å². The van der Waals surface area contributed by atoms with Crippen LogP contribution in [0.5, 0.6) is 0 Å². The van der Waals surface area contributed by atoms with Gasteiger partial charge in [-0.2, -0.15) is 0 Å². The Morgan fingerprint density at radius 1 is 1.40 bits per heavy atom. The SMILES string of the molecule is Cc1ccccc1C[NH2+]CC(O)CN1CCCC1=O.[Cl-]. The van der Waals surface area contributed by atoms with Gasteiger partial charge in [0.25, 0.3) is 0 Å². The smallest absolute Gasteiger partial charge is 0.222 e. The summed E-state index contributed by atoms with van der Waals surface area (Å²) in [5, 5.41) is 12.1. The fourth-order valence-electron chi connectivity index (χ4n) is 2.50. The second kappa shape index (κ2) is 8.25. The number of aryl methyl sites for hydroxylation is 1. The van der Waals surface area contributed by atoms with Gasteiger partial charge in [-0.3, -0.25) is 4.79 Å². The number of β-amino-alcohol motifs (C(OH)–C–C–N with tert-alkyl or cyclic N) is 1. The maximum atomic E-state index is 11.5. The van der Waals surface area contributed by atoms with E-state index in [4.69, 9.17) is 0 Å². The zero-order valence-electron chi connectivity index (χ0n) is 11.9. The second-order valence-corrected chi connectivity index (χ2v) is 5.25. The summed E-state index contributed by atoms with van der Waals surface area (Å²) in [6.07, 6.45) is 1.13. The van der Waals surface area contributed by atoms with Gasteiger partial charge >= 0.3 is 0 Å². The van der Waals surface area contributed by atoms with Crippen molar-refractivity contribution in [1.29, 1.82) is 0 Å². The molecule has 1 atom stereocenters. The molecule has 0 saturated carbocycles. The largest absolute Gasteiger partial charge is 1.00 e. The third-order valence-electron chi connectivity index (χ3n) is 3.67. The summed E-state index contributed by atoms with van der Waals surface area (Å²) in [6.45, 7) is 4.88. The first kappa shape index (κ1) is 17.0. The Bertz CT molecular complexity index is 440. The lowest BCUT2D eigenvalue weighted by atomic mass is 10.1. The zero-order valence-corrected chi connectivity index (χ0v) is 12.6. The number of aliphatic hydroxyl groups is 1. The summed E-state index contributed by atoms with van der Waals surface area (Å²) in [5.74, 6) is 0.179. The van der Waals surface area contributed by atoms with Gasteiger partial charge in [0.15, 0.2) is 0 Å². The fraction of sp³-hybridized carbons (Fsp3) is 0.533. The number of amides is 1. The molecule has 1 aliphatic heterocycles. The van der Waals surface area contributed by atoms with E-state index in [9.17, 15) is 9.90 Å². The molecule has 1 heterocycles. The Hall–Kier alpha value is -1.10. The summed E-state index contributed by atoms with van der Waals surface area (Å²) in [4.78, 5) is 13.2. The lowest BCUT2D eigenvalue weighted by Gasteiger charge is -2.19. The van der Waals surface area contributed by atoms with E-state index in [1.807, 2.05) is 12.1 Å². The fourth-order valence-corrected chi connectivity index (χ4v) is 2.50. The van der Waals surface area contributed by atoms with Gasteiger partial charge in [0.05, 0.1) is 6.54 Å². The highest BCUT2D eigenvalue weighted by Gasteiger charge is 2.22. The molecule has 1 aromatic rings. The van der Waals surface area contributed by atoms with Crippen LogP contribution in [0.3, 0.4) is 0 Å². The molecule has 0 aliphatic carbocycles. The van der Waals surface area contributed by atoms with Crippen LogP contribution in [0.2, 0.25) is 0 Å². The van der Waals surface area contributed by atoms with Crippen molar-refractivity contribution in [3.63, 3.8) is 0 Å². The monoisotopic (exact) mass is 298 g/mol. The van der Waals surface area contributed by atoms with Gasteiger partial charge in [-0.1, -0.05) is 24.3 Å². The topological polar surface area (TPSA) is 57.2 Å². The number of hydrogen-bond acceptors (Lipinski definition) is 2. The van der Waals surface area contributed by atoms with E-state index in [1.54, 1.807) is 4.90 Å². The number of carbonyl (C=O) groups is 1. The lowest BCUT2D eigenvalue weighted by molar-refractivity contribution is -0.676. The molecule has 4 nitrogen and oxygen atoms in total. The molecule has 1 aliphatic rings. The molecule has 2 rings (SSSR count). The van der Waals surface area contributed by atoms with Gasteiger partial charge in [0.1, 0.15) is 19.2 Å². The average molecular weight is 299 g/mol. The second-order valence-electron chi connectivity index (χ2n) is 5.25. The molecule has 112 valence electrons. The molecule has 1 unspecified atom stereocenters. The number of benzene rings is 1. The van der Waals surface area contributed by atoms with E-state index in [0.29, 0.717) is 19.5 Å². The first-order chi connectivity index (χ1) is 9.16.